The quantitative estimate of drug-likeness (QED) is 0.855. The van der Waals surface area contributed by atoms with Crippen LogP contribution in [0.1, 0.15) is 45.4 Å². The van der Waals surface area contributed by atoms with Crippen LogP contribution in [0.5, 0.6) is 0 Å². The predicted octanol–water partition coefficient (Wildman–Crippen LogP) is 3.64. The predicted molar refractivity (Wildman–Crippen MR) is 86.5 cm³/mol. The Balaban J connectivity index is 1.74. The van der Waals surface area contributed by atoms with Crippen molar-refractivity contribution in [2.24, 2.45) is 5.41 Å². The van der Waals surface area contributed by atoms with Crippen LogP contribution in [-0.2, 0) is 9.84 Å². The summed E-state index contributed by atoms with van der Waals surface area (Å²) >= 11 is 0. The second-order valence-corrected chi connectivity index (χ2v) is 8.91. The standard InChI is InChI=1S/C17H25NO2S/c1-2-21(19,20)16-8-6-15(7-9-16)18-13-12-17(14-18)10-4-3-5-11-17/h6-9H,2-5,10-14H2,1H3. The molecular formula is C17H25NO2S. The highest BCUT2D eigenvalue weighted by Gasteiger charge is 2.38. The zero-order valence-corrected chi connectivity index (χ0v) is 13.7. The van der Waals surface area contributed by atoms with Gasteiger partial charge in [-0.2, -0.15) is 0 Å². The van der Waals surface area contributed by atoms with Crippen LogP contribution in [0.3, 0.4) is 0 Å². The van der Waals surface area contributed by atoms with Gasteiger partial charge in [0.15, 0.2) is 9.84 Å². The topological polar surface area (TPSA) is 37.4 Å². The second-order valence-electron chi connectivity index (χ2n) is 6.63. The number of sulfone groups is 1. The minimum absolute atomic E-state index is 0.166. The van der Waals surface area contributed by atoms with Gasteiger partial charge in [0, 0.05) is 18.8 Å². The number of hydrogen-bond acceptors (Lipinski definition) is 3. The van der Waals surface area contributed by atoms with E-state index in [2.05, 4.69) is 4.90 Å². The summed E-state index contributed by atoms with van der Waals surface area (Å²) in [6.07, 6.45) is 8.17. The summed E-state index contributed by atoms with van der Waals surface area (Å²) in [6, 6.07) is 7.48. The van der Waals surface area contributed by atoms with Crippen LogP contribution in [0.2, 0.25) is 0 Å². The molecule has 3 nitrogen and oxygen atoms in total. The summed E-state index contributed by atoms with van der Waals surface area (Å²) in [7, 11) is -3.08. The van der Waals surface area contributed by atoms with Crippen molar-refractivity contribution in [3.8, 4) is 0 Å². The van der Waals surface area contributed by atoms with Crippen molar-refractivity contribution in [3.63, 3.8) is 0 Å². The molecule has 2 fully saturated rings. The molecule has 4 heteroatoms. The molecule has 0 atom stereocenters. The van der Waals surface area contributed by atoms with E-state index in [1.165, 1.54) is 44.2 Å². The van der Waals surface area contributed by atoms with Gasteiger partial charge in [0.05, 0.1) is 10.6 Å². The largest absolute Gasteiger partial charge is 0.371 e. The molecule has 21 heavy (non-hydrogen) atoms. The van der Waals surface area contributed by atoms with E-state index in [1.54, 1.807) is 19.1 Å². The summed E-state index contributed by atoms with van der Waals surface area (Å²) in [6.45, 7) is 3.95. The van der Waals surface area contributed by atoms with Gasteiger partial charge in [0.25, 0.3) is 0 Å². The van der Waals surface area contributed by atoms with Crippen molar-refractivity contribution in [2.45, 2.75) is 50.3 Å². The molecule has 116 valence electrons. The molecule has 0 aromatic heterocycles. The molecule has 0 bridgehead atoms. The van der Waals surface area contributed by atoms with Crippen molar-refractivity contribution >= 4 is 15.5 Å². The van der Waals surface area contributed by atoms with Crippen LogP contribution in [-0.4, -0.2) is 27.3 Å². The molecule has 1 aliphatic heterocycles. The Bertz CT molecular complexity index is 586. The van der Waals surface area contributed by atoms with Gasteiger partial charge < -0.3 is 4.90 Å². The first-order chi connectivity index (χ1) is 10.0. The van der Waals surface area contributed by atoms with Gasteiger partial charge in [-0.25, -0.2) is 8.42 Å². The first-order valence-corrected chi connectivity index (χ1v) is 9.78. The van der Waals surface area contributed by atoms with Crippen molar-refractivity contribution in [1.29, 1.82) is 0 Å². The SMILES string of the molecule is CCS(=O)(=O)c1ccc(N2CCC3(CCCCC3)C2)cc1. The van der Waals surface area contributed by atoms with Crippen LogP contribution in [0.15, 0.2) is 29.2 Å². The Kier molecular flexibility index (Phi) is 4.00. The first kappa shape index (κ1) is 14.9. The molecule has 0 unspecified atom stereocenters. The fraction of sp³-hybridized carbons (Fsp3) is 0.647. The van der Waals surface area contributed by atoms with Crippen LogP contribution >= 0.6 is 0 Å². The Morgan fingerprint density at radius 2 is 1.71 bits per heavy atom. The maximum absolute atomic E-state index is 11.9. The van der Waals surface area contributed by atoms with E-state index in [0.717, 1.165) is 13.1 Å². The molecule has 3 rings (SSSR count). The van der Waals surface area contributed by atoms with E-state index >= 15 is 0 Å². The van der Waals surface area contributed by atoms with Gasteiger partial charge in [-0.05, 0) is 48.9 Å². The van der Waals surface area contributed by atoms with Gasteiger partial charge in [-0.1, -0.05) is 26.2 Å². The van der Waals surface area contributed by atoms with Crippen molar-refractivity contribution in [3.05, 3.63) is 24.3 Å². The molecule has 1 aromatic rings. The zero-order chi connectivity index (χ0) is 14.9. The zero-order valence-electron chi connectivity index (χ0n) is 12.8. The molecule has 1 saturated heterocycles. The minimum atomic E-state index is -3.08. The fourth-order valence-electron chi connectivity index (χ4n) is 3.90. The fourth-order valence-corrected chi connectivity index (χ4v) is 4.78. The lowest BCUT2D eigenvalue weighted by Crippen LogP contribution is -2.29. The monoisotopic (exact) mass is 307 g/mol. The lowest BCUT2D eigenvalue weighted by molar-refractivity contribution is 0.219. The Morgan fingerprint density at radius 1 is 1.05 bits per heavy atom. The van der Waals surface area contributed by atoms with E-state index < -0.39 is 9.84 Å². The minimum Gasteiger partial charge on any atom is -0.371 e. The summed E-state index contributed by atoms with van der Waals surface area (Å²) in [4.78, 5) is 2.88. The van der Waals surface area contributed by atoms with Crippen molar-refractivity contribution < 1.29 is 8.42 Å². The summed E-state index contributed by atoms with van der Waals surface area (Å²) in [5.41, 5.74) is 1.71. The number of rotatable bonds is 3. The van der Waals surface area contributed by atoms with Crippen LogP contribution < -0.4 is 4.90 Å². The highest BCUT2D eigenvalue weighted by atomic mass is 32.2. The third-order valence-electron chi connectivity index (χ3n) is 5.29. The smallest absolute Gasteiger partial charge is 0.178 e. The van der Waals surface area contributed by atoms with Crippen molar-refractivity contribution in [2.75, 3.05) is 23.7 Å². The van der Waals surface area contributed by atoms with E-state index in [1.807, 2.05) is 12.1 Å². The van der Waals surface area contributed by atoms with E-state index in [9.17, 15) is 8.42 Å². The molecule has 1 heterocycles. The average molecular weight is 307 g/mol. The van der Waals surface area contributed by atoms with Crippen LogP contribution in [0.4, 0.5) is 5.69 Å². The second kappa shape index (κ2) is 5.64. The normalized spacial score (nSPS) is 21.9. The van der Waals surface area contributed by atoms with Gasteiger partial charge in [-0.3, -0.25) is 0 Å². The third-order valence-corrected chi connectivity index (χ3v) is 7.04. The molecule has 1 spiro atoms. The third kappa shape index (κ3) is 2.96. The van der Waals surface area contributed by atoms with Gasteiger partial charge in [-0.15, -0.1) is 0 Å². The number of nitrogens with zero attached hydrogens (tertiary/aromatic N) is 1. The Labute approximate surface area is 128 Å². The molecule has 1 saturated carbocycles. The number of anilines is 1. The molecular weight excluding hydrogens is 282 g/mol. The van der Waals surface area contributed by atoms with Gasteiger partial charge in [0.2, 0.25) is 0 Å². The Hall–Kier alpha value is -1.03. The maximum Gasteiger partial charge on any atom is 0.178 e. The van der Waals surface area contributed by atoms with Gasteiger partial charge in [0.1, 0.15) is 0 Å². The van der Waals surface area contributed by atoms with E-state index in [4.69, 9.17) is 0 Å². The van der Waals surface area contributed by atoms with Gasteiger partial charge >= 0.3 is 0 Å². The number of hydrogen-bond donors (Lipinski definition) is 0. The van der Waals surface area contributed by atoms with E-state index in [-0.39, 0.29) is 5.75 Å². The maximum atomic E-state index is 11.9. The lowest BCUT2D eigenvalue weighted by atomic mass is 9.73. The summed E-state index contributed by atoms with van der Waals surface area (Å²) < 4.78 is 23.7. The average Bonchev–Trinajstić information content (AvgIpc) is 2.92. The Morgan fingerprint density at radius 3 is 2.33 bits per heavy atom. The summed E-state index contributed by atoms with van der Waals surface area (Å²) in [5.74, 6) is 0.166. The highest BCUT2D eigenvalue weighted by molar-refractivity contribution is 7.91. The van der Waals surface area contributed by atoms with E-state index in [0.29, 0.717) is 10.3 Å². The lowest BCUT2D eigenvalue weighted by Gasteiger charge is -2.33. The molecule has 1 aromatic carbocycles. The molecule has 2 aliphatic rings. The summed E-state index contributed by atoms with van der Waals surface area (Å²) in [5, 5.41) is 0. The first-order valence-electron chi connectivity index (χ1n) is 8.12. The molecule has 0 N–H and O–H groups in total. The molecule has 0 amide bonds. The number of benzene rings is 1. The molecule has 0 radical (unpaired) electrons. The molecule has 1 aliphatic carbocycles. The van der Waals surface area contributed by atoms with Crippen molar-refractivity contribution in [1.82, 2.24) is 0 Å². The highest BCUT2D eigenvalue weighted by Crippen LogP contribution is 2.44. The van der Waals surface area contributed by atoms with Crippen LogP contribution in [0, 0.1) is 5.41 Å². The van der Waals surface area contributed by atoms with Crippen LogP contribution in [0.25, 0.3) is 0 Å².